The third kappa shape index (κ3) is 5.08. The number of fused-ring (bicyclic) bond motifs is 1. The van der Waals surface area contributed by atoms with Gasteiger partial charge in [0.25, 0.3) is 0 Å². The molecule has 0 N–H and O–H groups in total. The number of aromatic nitrogens is 4. The Morgan fingerprint density at radius 3 is 2.28 bits per heavy atom. The molecule has 0 atom stereocenters. The van der Waals surface area contributed by atoms with Gasteiger partial charge in [-0.15, -0.1) is 0 Å². The SMILES string of the molecule is O=C(C1CCS(=O)(=O)CC1)N1CCN(c2ncnc3c2nc(-c2ccccc2Cl)n3-c2ccc(Cl)cc2)CC1. The number of carbonyl (C=O) groups is 1. The third-order valence-corrected chi connectivity index (χ3v) is 9.72. The molecule has 0 saturated carbocycles. The number of sulfone groups is 1. The summed E-state index contributed by atoms with van der Waals surface area (Å²) in [4.78, 5) is 31.3. The van der Waals surface area contributed by atoms with Crippen LogP contribution in [0.15, 0.2) is 54.9 Å². The second-order valence-electron chi connectivity index (χ2n) is 9.83. The minimum Gasteiger partial charge on any atom is -0.351 e. The minimum absolute atomic E-state index is 0.0467. The molecule has 39 heavy (non-hydrogen) atoms. The van der Waals surface area contributed by atoms with Crippen LogP contribution < -0.4 is 4.90 Å². The summed E-state index contributed by atoms with van der Waals surface area (Å²) in [6.45, 7) is 2.22. The summed E-state index contributed by atoms with van der Waals surface area (Å²) < 4.78 is 25.5. The molecule has 2 fully saturated rings. The van der Waals surface area contributed by atoms with Gasteiger partial charge in [0.15, 0.2) is 17.0 Å². The third-order valence-electron chi connectivity index (χ3n) is 7.42. The fourth-order valence-corrected chi connectivity index (χ4v) is 7.14. The molecule has 2 aromatic heterocycles. The molecule has 2 saturated heterocycles. The average Bonchev–Trinajstić information content (AvgIpc) is 3.33. The van der Waals surface area contributed by atoms with E-state index in [2.05, 4.69) is 14.9 Å². The smallest absolute Gasteiger partial charge is 0.225 e. The van der Waals surface area contributed by atoms with E-state index < -0.39 is 9.84 Å². The van der Waals surface area contributed by atoms with Gasteiger partial charge in [-0.1, -0.05) is 35.3 Å². The van der Waals surface area contributed by atoms with E-state index in [9.17, 15) is 13.2 Å². The monoisotopic (exact) mass is 584 g/mol. The van der Waals surface area contributed by atoms with Crippen molar-refractivity contribution in [2.45, 2.75) is 12.8 Å². The Bertz CT molecular complexity index is 1640. The number of amides is 1. The number of piperazine rings is 1. The van der Waals surface area contributed by atoms with Crippen LogP contribution in [0.5, 0.6) is 0 Å². The number of imidazole rings is 1. The summed E-state index contributed by atoms with van der Waals surface area (Å²) >= 11 is 12.8. The first-order valence-corrected chi connectivity index (χ1v) is 15.4. The summed E-state index contributed by atoms with van der Waals surface area (Å²) in [5.74, 6) is 1.33. The number of anilines is 1. The molecule has 0 spiro atoms. The molecular formula is C27H26Cl2N6O3S. The zero-order valence-corrected chi connectivity index (χ0v) is 23.3. The lowest BCUT2D eigenvalue weighted by Gasteiger charge is -2.37. The van der Waals surface area contributed by atoms with Crippen molar-refractivity contribution < 1.29 is 13.2 Å². The molecule has 2 aliphatic heterocycles. The Hall–Kier alpha value is -3.21. The predicted octanol–water partition coefficient (Wildman–Crippen LogP) is 4.26. The van der Waals surface area contributed by atoms with Gasteiger partial charge >= 0.3 is 0 Å². The molecule has 2 aromatic carbocycles. The number of halogens is 2. The van der Waals surface area contributed by atoms with E-state index >= 15 is 0 Å². The van der Waals surface area contributed by atoms with Crippen LogP contribution in [0.2, 0.25) is 10.0 Å². The highest BCUT2D eigenvalue weighted by molar-refractivity contribution is 7.91. The maximum absolute atomic E-state index is 13.1. The Balaban J connectivity index is 1.32. The Morgan fingerprint density at radius 1 is 0.897 bits per heavy atom. The highest BCUT2D eigenvalue weighted by Crippen LogP contribution is 2.35. The van der Waals surface area contributed by atoms with Gasteiger partial charge in [0, 0.05) is 48.4 Å². The molecule has 4 aromatic rings. The zero-order valence-electron chi connectivity index (χ0n) is 21.0. The molecule has 0 unspecified atom stereocenters. The number of rotatable bonds is 4. The quantitative estimate of drug-likeness (QED) is 0.353. The lowest BCUT2D eigenvalue weighted by molar-refractivity contribution is -0.136. The standard InChI is InChI=1S/C27H26Cl2N6O3S/c28-19-5-7-20(8-6-19)35-24(21-3-1-2-4-22(21)29)32-23-25(30-17-31-26(23)35)33-11-13-34(14-12-33)27(36)18-9-15-39(37,38)16-10-18/h1-8,17-18H,9-16H2. The molecule has 1 amide bonds. The van der Waals surface area contributed by atoms with Gasteiger partial charge in [0.1, 0.15) is 22.0 Å². The first kappa shape index (κ1) is 26.0. The molecule has 0 aliphatic carbocycles. The van der Waals surface area contributed by atoms with E-state index in [-0.39, 0.29) is 23.3 Å². The summed E-state index contributed by atoms with van der Waals surface area (Å²) in [5.41, 5.74) is 2.88. The van der Waals surface area contributed by atoms with Crippen LogP contribution in [0.4, 0.5) is 5.82 Å². The maximum Gasteiger partial charge on any atom is 0.225 e. The van der Waals surface area contributed by atoms with Gasteiger partial charge in [-0.25, -0.2) is 23.4 Å². The number of hydrogen-bond donors (Lipinski definition) is 0. The second-order valence-corrected chi connectivity index (χ2v) is 13.0. The number of hydrogen-bond acceptors (Lipinski definition) is 7. The first-order chi connectivity index (χ1) is 18.8. The van der Waals surface area contributed by atoms with E-state index in [1.165, 1.54) is 6.33 Å². The van der Waals surface area contributed by atoms with E-state index in [4.69, 9.17) is 28.2 Å². The van der Waals surface area contributed by atoms with Gasteiger partial charge in [-0.3, -0.25) is 9.36 Å². The van der Waals surface area contributed by atoms with E-state index in [0.717, 1.165) is 11.3 Å². The molecular weight excluding hydrogens is 559 g/mol. The van der Waals surface area contributed by atoms with Gasteiger partial charge in [-0.2, -0.15) is 0 Å². The summed E-state index contributed by atoms with van der Waals surface area (Å²) in [6, 6.07) is 15.0. The van der Waals surface area contributed by atoms with Crippen molar-refractivity contribution in [1.29, 1.82) is 0 Å². The fraction of sp³-hybridized carbons (Fsp3) is 0.333. The molecule has 0 bridgehead atoms. The zero-order chi connectivity index (χ0) is 27.1. The summed E-state index contributed by atoms with van der Waals surface area (Å²) in [6.07, 6.45) is 2.34. The topological polar surface area (TPSA) is 101 Å². The van der Waals surface area contributed by atoms with Gasteiger partial charge in [0.05, 0.1) is 16.5 Å². The van der Waals surface area contributed by atoms with Crippen molar-refractivity contribution in [2.24, 2.45) is 5.92 Å². The van der Waals surface area contributed by atoms with E-state index in [1.807, 2.05) is 58.0 Å². The Kier molecular flexibility index (Phi) is 6.95. The highest BCUT2D eigenvalue weighted by atomic mass is 35.5. The normalized spacial score (nSPS) is 18.0. The molecule has 2 aliphatic rings. The number of nitrogens with zero attached hydrogens (tertiary/aromatic N) is 6. The van der Waals surface area contributed by atoms with E-state index in [0.29, 0.717) is 71.9 Å². The van der Waals surface area contributed by atoms with Gasteiger partial charge < -0.3 is 9.80 Å². The Morgan fingerprint density at radius 2 is 1.59 bits per heavy atom. The number of carbonyl (C=O) groups excluding carboxylic acids is 1. The largest absolute Gasteiger partial charge is 0.351 e. The van der Waals surface area contributed by atoms with Crippen LogP contribution in [-0.2, 0) is 14.6 Å². The first-order valence-electron chi connectivity index (χ1n) is 12.8. The average molecular weight is 586 g/mol. The van der Waals surface area contributed by atoms with Crippen molar-refractivity contribution in [3.63, 3.8) is 0 Å². The lowest BCUT2D eigenvalue weighted by atomic mass is 10.0. The van der Waals surface area contributed by atoms with Crippen molar-refractivity contribution >= 4 is 55.9 Å². The van der Waals surface area contributed by atoms with Crippen molar-refractivity contribution in [1.82, 2.24) is 24.4 Å². The van der Waals surface area contributed by atoms with Crippen molar-refractivity contribution in [3.8, 4) is 17.1 Å². The molecule has 4 heterocycles. The molecule has 0 radical (unpaired) electrons. The van der Waals surface area contributed by atoms with E-state index in [1.54, 1.807) is 0 Å². The van der Waals surface area contributed by atoms with Crippen LogP contribution >= 0.6 is 23.2 Å². The predicted molar refractivity (Wildman–Crippen MR) is 152 cm³/mol. The van der Waals surface area contributed by atoms with Crippen LogP contribution in [0.3, 0.4) is 0 Å². The van der Waals surface area contributed by atoms with Crippen LogP contribution in [0.25, 0.3) is 28.2 Å². The summed E-state index contributed by atoms with van der Waals surface area (Å²) in [5, 5.41) is 1.19. The molecule has 12 heteroatoms. The molecule has 9 nitrogen and oxygen atoms in total. The fourth-order valence-electron chi connectivity index (χ4n) is 5.30. The Labute approximate surface area is 236 Å². The molecule has 6 rings (SSSR count). The van der Waals surface area contributed by atoms with Crippen molar-refractivity contribution in [2.75, 3.05) is 42.6 Å². The van der Waals surface area contributed by atoms with Gasteiger partial charge in [0.2, 0.25) is 5.91 Å². The van der Waals surface area contributed by atoms with Crippen molar-refractivity contribution in [3.05, 3.63) is 64.9 Å². The van der Waals surface area contributed by atoms with Crippen LogP contribution in [0.1, 0.15) is 12.8 Å². The minimum atomic E-state index is -3.01. The lowest BCUT2D eigenvalue weighted by Crippen LogP contribution is -2.51. The maximum atomic E-state index is 13.1. The number of benzene rings is 2. The van der Waals surface area contributed by atoms with Crippen LogP contribution in [-0.4, -0.2) is 76.4 Å². The second kappa shape index (κ2) is 10.4. The summed E-state index contributed by atoms with van der Waals surface area (Å²) in [7, 11) is -3.01. The molecule has 202 valence electrons. The van der Waals surface area contributed by atoms with Crippen LogP contribution in [0, 0.1) is 5.92 Å². The van der Waals surface area contributed by atoms with Gasteiger partial charge in [-0.05, 0) is 49.2 Å². The highest BCUT2D eigenvalue weighted by Gasteiger charge is 2.33.